The Hall–Kier alpha value is -0.0400. The van der Waals surface area contributed by atoms with Crippen LogP contribution in [0.1, 0.15) is 91.9 Å². The summed E-state index contributed by atoms with van der Waals surface area (Å²) in [6.07, 6.45) is 14.0. The molecule has 0 radical (unpaired) electrons. The van der Waals surface area contributed by atoms with Gasteiger partial charge in [-0.15, -0.1) is 0 Å². The van der Waals surface area contributed by atoms with Crippen molar-refractivity contribution in [3.63, 3.8) is 0 Å². The number of quaternary nitrogens is 1. The van der Waals surface area contributed by atoms with Gasteiger partial charge in [-0.1, -0.05) is 59.8 Å². The van der Waals surface area contributed by atoms with Crippen molar-refractivity contribution < 1.29 is 4.48 Å². The minimum absolute atomic E-state index is 1.35. The van der Waals surface area contributed by atoms with Gasteiger partial charge in [0.05, 0.1) is 26.2 Å². The first-order chi connectivity index (χ1) is 9.24. The SMILES string of the molecule is CCCCCC[N+](CCCC)(CCCC)CCCC. The second kappa shape index (κ2) is 13.0. The fourth-order valence-electron chi connectivity index (χ4n) is 3.03. The second-order valence-corrected chi connectivity index (χ2v) is 6.36. The van der Waals surface area contributed by atoms with Gasteiger partial charge in [-0.3, -0.25) is 0 Å². The third-order valence-electron chi connectivity index (χ3n) is 4.44. The third-order valence-corrected chi connectivity index (χ3v) is 4.44. The van der Waals surface area contributed by atoms with Gasteiger partial charge in [0.15, 0.2) is 0 Å². The molecule has 19 heavy (non-hydrogen) atoms. The Morgan fingerprint density at radius 2 is 0.789 bits per heavy atom. The Balaban J connectivity index is 4.38. The van der Waals surface area contributed by atoms with Crippen molar-refractivity contribution in [1.82, 2.24) is 0 Å². The largest absolute Gasteiger partial charge is 0.324 e. The maximum absolute atomic E-state index is 2.34. The van der Waals surface area contributed by atoms with Crippen LogP contribution >= 0.6 is 0 Å². The van der Waals surface area contributed by atoms with Crippen LogP contribution in [0.25, 0.3) is 0 Å². The maximum Gasteiger partial charge on any atom is 0.0786 e. The molecule has 0 aliphatic rings. The standard InChI is InChI=1S/C18H40N/c1-5-9-13-14-18-19(15-10-6-2,16-11-7-3)17-12-8-4/h5-18H2,1-4H3/q+1. The molecule has 0 rings (SSSR count). The van der Waals surface area contributed by atoms with Gasteiger partial charge in [-0.05, 0) is 32.1 Å². The normalized spacial score (nSPS) is 12.0. The lowest BCUT2D eigenvalue weighted by Gasteiger charge is -2.39. The minimum Gasteiger partial charge on any atom is -0.324 e. The van der Waals surface area contributed by atoms with Gasteiger partial charge in [-0.25, -0.2) is 0 Å². The van der Waals surface area contributed by atoms with Crippen molar-refractivity contribution in [2.45, 2.75) is 91.9 Å². The molecule has 0 fully saturated rings. The highest BCUT2D eigenvalue weighted by atomic mass is 15.3. The Morgan fingerprint density at radius 3 is 1.16 bits per heavy atom. The Morgan fingerprint density at radius 1 is 0.421 bits per heavy atom. The van der Waals surface area contributed by atoms with E-state index < -0.39 is 0 Å². The first-order valence-electron chi connectivity index (χ1n) is 9.09. The minimum atomic E-state index is 1.35. The first-order valence-corrected chi connectivity index (χ1v) is 9.09. The Kier molecular flexibility index (Phi) is 12.9. The molecule has 0 aliphatic carbocycles. The molecule has 0 aromatic carbocycles. The number of hydrogen-bond acceptors (Lipinski definition) is 0. The van der Waals surface area contributed by atoms with E-state index in [0.29, 0.717) is 0 Å². The van der Waals surface area contributed by atoms with Crippen molar-refractivity contribution >= 4 is 0 Å². The molecule has 0 amide bonds. The van der Waals surface area contributed by atoms with E-state index in [2.05, 4.69) is 27.7 Å². The Labute approximate surface area is 123 Å². The second-order valence-electron chi connectivity index (χ2n) is 6.36. The predicted molar refractivity (Wildman–Crippen MR) is 88.6 cm³/mol. The quantitative estimate of drug-likeness (QED) is 0.277. The Bertz CT molecular complexity index is 155. The molecule has 0 spiro atoms. The number of nitrogens with zero attached hydrogens (tertiary/aromatic N) is 1. The highest BCUT2D eigenvalue weighted by Crippen LogP contribution is 2.17. The molecular formula is C18H40N+. The summed E-state index contributed by atoms with van der Waals surface area (Å²) in [6, 6.07) is 0. The van der Waals surface area contributed by atoms with Crippen LogP contribution in [0.15, 0.2) is 0 Å². The zero-order valence-corrected chi connectivity index (χ0v) is 14.3. The molecule has 1 nitrogen and oxygen atoms in total. The lowest BCUT2D eigenvalue weighted by molar-refractivity contribution is -0.929. The summed E-state index contributed by atoms with van der Waals surface area (Å²) in [5, 5.41) is 0. The monoisotopic (exact) mass is 270 g/mol. The van der Waals surface area contributed by atoms with Crippen molar-refractivity contribution in [2.75, 3.05) is 26.2 Å². The highest BCUT2D eigenvalue weighted by molar-refractivity contribution is 4.50. The van der Waals surface area contributed by atoms with Crippen LogP contribution in [0.2, 0.25) is 0 Å². The lowest BCUT2D eigenvalue weighted by atomic mass is 10.1. The average molecular weight is 271 g/mol. The highest BCUT2D eigenvalue weighted by Gasteiger charge is 2.24. The van der Waals surface area contributed by atoms with Gasteiger partial charge in [0.2, 0.25) is 0 Å². The summed E-state index contributed by atoms with van der Waals surface area (Å²) in [4.78, 5) is 0. The molecule has 0 aromatic rings. The summed E-state index contributed by atoms with van der Waals surface area (Å²) in [5.74, 6) is 0. The summed E-state index contributed by atoms with van der Waals surface area (Å²) >= 11 is 0. The molecule has 116 valence electrons. The van der Waals surface area contributed by atoms with Crippen molar-refractivity contribution in [1.29, 1.82) is 0 Å². The molecule has 0 N–H and O–H groups in total. The van der Waals surface area contributed by atoms with Gasteiger partial charge < -0.3 is 4.48 Å². The molecule has 0 saturated carbocycles. The zero-order valence-electron chi connectivity index (χ0n) is 14.3. The van der Waals surface area contributed by atoms with E-state index in [1.165, 1.54) is 94.9 Å². The van der Waals surface area contributed by atoms with Gasteiger partial charge in [0.25, 0.3) is 0 Å². The fourth-order valence-corrected chi connectivity index (χ4v) is 3.03. The van der Waals surface area contributed by atoms with Gasteiger partial charge in [-0.2, -0.15) is 0 Å². The summed E-state index contributed by atoms with van der Waals surface area (Å²) in [7, 11) is 0. The van der Waals surface area contributed by atoms with Crippen LogP contribution in [0.5, 0.6) is 0 Å². The topological polar surface area (TPSA) is 0 Å². The van der Waals surface area contributed by atoms with Crippen molar-refractivity contribution in [2.24, 2.45) is 0 Å². The molecule has 0 bridgehead atoms. The van der Waals surface area contributed by atoms with E-state index in [1.54, 1.807) is 0 Å². The van der Waals surface area contributed by atoms with E-state index >= 15 is 0 Å². The van der Waals surface area contributed by atoms with Gasteiger partial charge in [0.1, 0.15) is 0 Å². The van der Waals surface area contributed by atoms with Crippen LogP contribution in [-0.2, 0) is 0 Å². The molecular weight excluding hydrogens is 230 g/mol. The van der Waals surface area contributed by atoms with Crippen LogP contribution < -0.4 is 0 Å². The van der Waals surface area contributed by atoms with Crippen LogP contribution in [-0.4, -0.2) is 30.7 Å². The van der Waals surface area contributed by atoms with Crippen LogP contribution in [0.4, 0.5) is 0 Å². The van der Waals surface area contributed by atoms with Crippen LogP contribution in [0.3, 0.4) is 0 Å². The van der Waals surface area contributed by atoms with E-state index in [-0.39, 0.29) is 0 Å². The molecule has 0 heterocycles. The van der Waals surface area contributed by atoms with Gasteiger partial charge >= 0.3 is 0 Å². The zero-order chi connectivity index (χ0) is 14.4. The van der Waals surface area contributed by atoms with Crippen molar-refractivity contribution in [3.8, 4) is 0 Å². The summed E-state index contributed by atoms with van der Waals surface area (Å²) in [5.41, 5.74) is 0. The molecule has 0 atom stereocenters. The lowest BCUT2D eigenvalue weighted by Crippen LogP contribution is -2.50. The number of rotatable bonds is 14. The molecule has 0 aromatic heterocycles. The molecule has 0 unspecified atom stereocenters. The summed E-state index contributed by atoms with van der Waals surface area (Å²) in [6.45, 7) is 15.1. The van der Waals surface area contributed by atoms with Crippen LogP contribution in [0, 0.1) is 0 Å². The van der Waals surface area contributed by atoms with E-state index in [0.717, 1.165) is 0 Å². The smallest absolute Gasteiger partial charge is 0.0786 e. The number of unbranched alkanes of at least 4 members (excludes halogenated alkanes) is 6. The molecule has 0 saturated heterocycles. The van der Waals surface area contributed by atoms with E-state index in [1.807, 2.05) is 0 Å². The van der Waals surface area contributed by atoms with Gasteiger partial charge in [0, 0.05) is 0 Å². The molecule has 1 heteroatoms. The summed E-state index contributed by atoms with van der Waals surface area (Å²) < 4.78 is 1.43. The average Bonchev–Trinajstić information content (AvgIpc) is 2.44. The van der Waals surface area contributed by atoms with E-state index in [4.69, 9.17) is 0 Å². The maximum atomic E-state index is 2.34. The number of hydrogen-bond donors (Lipinski definition) is 0. The van der Waals surface area contributed by atoms with E-state index in [9.17, 15) is 0 Å². The molecule has 0 aliphatic heterocycles. The first kappa shape index (κ1) is 19.0. The third kappa shape index (κ3) is 9.49. The van der Waals surface area contributed by atoms with Crippen molar-refractivity contribution in [3.05, 3.63) is 0 Å². The fraction of sp³-hybridized carbons (Fsp3) is 1.00. The predicted octanol–water partition coefficient (Wildman–Crippen LogP) is 5.78.